The number of nitrogens with one attached hydrogen (secondary N) is 2. The molecule has 4 aromatic rings. The average Bonchev–Trinajstić information content (AvgIpc) is 3.76. The maximum atomic E-state index is 12.1. The highest BCUT2D eigenvalue weighted by Crippen LogP contribution is 2.63. The lowest BCUT2D eigenvalue weighted by Crippen LogP contribution is -2.44. The predicted octanol–water partition coefficient (Wildman–Crippen LogP) is 2.94. The summed E-state index contributed by atoms with van der Waals surface area (Å²) in [5, 5.41) is 6.67. The largest absolute Gasteiger partial charge is 0.365 e. The fourth-order valence-electron chi connectivity index (χ4n) is 4.57. The SMILES string of the molecule is NC(=O)c1cnc(NC2(C3(N)CC3)c3ccccc32)nc1Nc1cccc(-c2ncccn2)c1. The molecule has 2 aromatic carbocycles. The maximum absolute atomic E-state index is 12.1. The first-order valence-electron chi connectivity index (χ1n) is 11.0. The Balaban J connectivity index is 1.34. The predicted molar refractivity (Wildman–Crippen MR) is 128 cm³/mol. The highest BCUT2D eigenvalue weighted by atomic mass is 16.1. The molecule has 9 nitrogen and oxygen atoms in total. The number of carbonyl (C=O) groups excluding carboxylic acids is 1. The quantitative estimate of drug-likeness (QED) is 0.336. The molecule has 2 heterocycles. The molecule has 168 valence electrons. The number of rotatable bonds is 7. The summed E-state index contributed by atoms with van der Waals surface area (Å²) in [6.45, 7) is 0. The second kappa shape index (κ2) is 7.32. The van der Waals surface area contributed by atoms with E-state index in [1.165, 1.54) is 6.20 Å². The number of hydrogen-bond donors (Lipinski definition) is 4. The van der Waals surface area contributed by atoms with Gasteiger partial charge in [0.05, 0.1) is 0 Å². The zero-order chi connectivity index (χ0) is 23.3. The van der Waals surface area contributed by atoms with Crippen LogP contribution in [-0.4, -0.2) is 31.4 Å². The minimum Gasteiger partial charge on any atom is -0.365 e. The number of nitrogens with zero attached hydrogens (tertiary/aromatic N) is 4. The molecule has 0 spiro atoms. The molecule has 1 saturated carbocycles. The van der Waals surface area contributed by atoms with Crippen molar-refractivity contribution in [2.75, 3.05) is 10.6 Å². The fraction of sp³-hybridized carbons (Fsp3) is 0.160. The van der Waals surface area contributed by atoms with Crippen LogP contribution in [0.3, 0.4) is 0 Å². The standard InChI is InChI=1S/C25H22N8O/c26-20(34)17-14-30-23(33-25(24(27)9-10-24)18-7-1-2-8-19(18)25)32-22(17)31-16-6-3-5-15(13-16)21-28-11-4-12-29-21/h1-8,11-14H,9-10,27H2,(H2,26,34)(H2,30,31,32,33). The van der Waals surface area contributed by atoms with Crippen molar-refractivity contribution in [1.82, 2.24) is 19.9 Å². The molecule has 0 saturated heterocycles. The molecule has 0 unspecified atom stereocenters. The zero-order valence-corrected chi connectivity index (χ0v) is 18.2. The minimum absolute atomic E-state index is 0.183. The van der Waals surface area contributed by atoms with Gasteiger partial charge in [0, 0.05) is 35.4 Å². The lowest BCUT2D eigenvalue weighted by atomic mass is 10.00. The number of fused-ring (bicyclic) bond motifs is 1. The number of benzene rings is 2. The number of carbonyl (C=O) groups is 1. The molecule has 0 radical (unpaired) electrons. The van der Waals surface area contributed by atoms with E-state index in [1.54, 1.807) is 18.5 Å². The average molecular weight is 451 g/mol. The van der Waals surface area contributed by atoms with Gasteiger partial charge < -0.3 is 22.1 Å². The molecule has 2 aromatic heterocycles. The Bertz CT molecular complexity index is 1390. The van der Waals surface area contributed by atoms with E-state index in [-0.39, 0.29) is 11.1 Å². The number of amides is 1. The molecule has 9 heteroatoms. The number of nitrogens with two attached hydrogens (primary N) is 2. The summed E-state index contributed by atoms with van der Waals surface area (Å²) in [5.41, 5.74) is 15.4. The monoisotopic (exact) mass is 450 g/mol. The van der Waals surface area contributed by atoms with E-state index < -0.39 is 11.4 Å². The Morgan fingerprint density at radius 1 is 0.941 bits per heavy atom. The normalized spacial score (nSPS) is 16.3. The van der Waals surface area contributed by atoms with E-state index in [1.807, 2.05) is 36.4 Å². The van der Waals surface area contributed by atoms with Crippen LogP contribution in [0, 0.1) is 0 Å². The van der Waals surface area contributed by atoms with Gasteiger partial charge in [0.25, 0.3) is 5.91 Å². The molecule has 6 rings (SSSR count). The van der Waals surface area contributed by atoms with E-state index in [0.717, 1.165) is 29.5 Å². The van der Waals surface area contributed by atoms with Crippen LogP contribution in [0.1, 0.15) is 34.3 Å². The van der Waals surface area contributed by atoms with Crippen molar-refractivity contribution in [3.8, 4) is 11.4 Å². The molecule has 1 fully saturated rings. The number of primary amides is 1. The van der Waals surface area contributed by atoms with Crippen LogP contribution in [0.2, 0.25) is 0 Å². The fourth-order valence-corrected chi connectivity index (χ4v) is 4.57. The first-order chi connectivity index (χ1) is 16.5. The van der Waals surface area contributed by atoms with Crippen molar-refractivity contribution >= 4 is 23.4 Å². The van der Waals surface area contributed by atoms with Crippen molar-refractivity contribution in [3.63, 3.8) is 0 Å². The second-order valence-electron chi connectivity index (χ2n) is 8.68. The van der Waals surface area contributed by atoms with Crippen molar-refractivity contribution in [3.05, 3.63) is 89.9 Å². The molecule has 1 amide bonds. The van der Waals surface area contributed by atoms with Crippen LogP contribution in [0.15, 0.2) is 73.2 Å². The van der Waals surface area contributed by atoms with Crippen molar-refractivity contribution in [2.45, 2.75) is 23.9 Å². The Labute approximate surface area is 195 Å². The molecular weight excluding hydrogens is 428 g/mol. The second-order valence-corrected chi connectivity index (χ2v) is 8.68. The molecule has 0 atom stereocenters. The third-order valence-corrected chi connectivity index (χ3v) is 6.51. The lowest BCUT2D eigenvalue weighted by Gasteiger charge is -2.26. The summed E-state index contributed by atoms with van der Waals surface area (Å²) in [4.78, 5) is 29.7. The Morgan fingerprint density at radius 3 is 2.35 bits per heavy atom. The Hall–Kier alpha value is -4.37. The van der Waals surface area contributed by atoms with Gasteiger partial charge in [-0.25, -0.2) is 15.0 Å². The van der Waals surface area contributed by atoms with Crippen LogP contribution in [0.25, 0.3) is 11.4 Å². The van der Waals surface area contributed by atoms with Gasteiger partial charge in [0.15, 0.2) is 5.82 Å². The van der Waals surface area contributed by atoms with Gasteiger partial charge in [-0.3, -0.25) is 4.79 Å². The zero-order valence-electron chi connectivity index (χ0n) is 18.2. The van der Waals surface area contributed by atoms with Gasteiger partial charge in [-0.2, -0.15) is 4.98 Å². The van der Waals surface area contributed by atoms with E-state index in [2.05, 4.69) is 42.7 Å². The van der Waals surface area contributed by atoms with Gasteiger partial charge in [-0.1, -0.05) is 36.4 Å². The minimum atomic E-state index is -0.626. The highest BCUT2D eigenvalue weighted by molar-refractivity contribution is 5.98. The maximum Gasteiger partial charge on any atom is 0.254 e. The number of aromatic nitrogens is 4. The third-order valence-electron chi connectivity index (χ3n) is 6.51. The van der Waals surface area contributed by atoms with Gasteiger partial charge >= 0.3 is 0 Å². The highest BCUT2D eigenvalue weighted by Gasteiger charge is 2.68. The van der Waals surface area contributed by atoms with Gasteiger partial charge in [0.2, 0.25) is 5.95 Å². The van der Waals surface area contributed by atoms with Crippen LogP contribution < -0.4 is 22.1 Å². The van der Waals surface area contributed by atoms with E-state index in [9.17, 15) is 4.79 Å². The van der Waals surface area contributed by atoms with Crippen LogP contribution in [0.4, 0.5) is 17.5 Å². The Kier molecular flexibility index (Phi) is 4.36. The molecule has 0 bridgehead atoms. The van der Waals surface area contributed by atoms with E-state index >= 15 is 0 Å². The smallest absolute Gasteiger partial charge is 0.254 e. The first kappa shape index (κ1) is 20.3. The van der Waals surface area contributed by atoms with Crippen LogP contribution in [0.5, 0.6) is 0 Å². The molecular formula is C25H22N8O. The first-order valence-corrected chi connectivity index (χ1v) is 11.0. The van der Waals surface area contributed by atoms with Crippen molar-refractivity contribution < 1.29 is 4.79 Å². The summed E-state index contributed by atoms with van der Waals surface area (Å²) in [6.07, 6.45) is 6.62. The summed E-state index contributed by atoms with van der Waals surface area (Å²) in [5.74, 6) is 0.636. The van der Waals surface area contributed by atoms with Crippen LogP contribution in [-0.2, 0) is 5.54 Å². The molecule has 2 aliphatic rings. The van der Waals surface area contributed by atoms with Gasteiger partial charge in [-0.15, -0.1) is 0 Å². The van der Waals surface area contributed by atoms with Crippen molar-refractivity contribution in [2.24, 2.45) is 11.5 Å². The lowest BCUT2D eigenvalue weighted by molar-refractivity contribution is 0.100. The molecule has 6 N–H and O–H groups in total. The molecule has 0 aliphatic heterocycles. The topological polar surface area (TPSA) is 145 Å². The summed E-state index contributed by atoms with van der Waals surface area (Å²) in [6, 6.07) is 17.4. The molecule has 34 heavy (non-hydrogen) atoms. The number of anilines is 3. The Morgan fingerprint density at radius 2 is 1.68 bits per heavy atom. The van der Waals surface area contributed by atoms with Crippen LogP contribution >= 0.6 is 0 Å². The van der Waals surface area contributed by atoms with Gasteiger partial charge in [0.1, 0.15) is 16.9 Å². The van der Waals surface area contributed by atoms with E-state index in [0.29, 0.717) is 23.3 Å². The van der Waals surface area contributed by atoms with Gasteiger partial charge in [-0.05, 0) is 42.2 Å². The van der Waals surface area contributed by atoms with E-state index in [4.69, 9.17) is 11.5 Å². The third kappa shape index (κ3) is 3.17. The van der Waals surface area contributed by atoms with Crippen molar-refractivity contribution in [1.29, 1.82) is 0 Å². The summed E-state index contributed by atoms with van der Waals surface area (Å²) in [7, 11) is 0. The number of hydrogen-bond acceptors (Lipinski definition) is 8. The summed E-state index contributed by atoms with van der Waals surface area (Å²) >= 11 is 0. The summed E-state index contributed by atoms with van der Waals surface area (Å²) < 4.78 is 0. The molecule has 2 aliphatic carbocycles.